The molecule has 0 aliphatic carbocycles. The summed E-state index contributed by atoms with van der Waals surface area (Å²) >= 11 is 1.22. The van der Waals surface area contributed by atoms with Crippen molar-refractivity contribution >= 4 is 21.4 Å². The molecule has 3 N–H and O–H groups in total. The molecule has 0 aromatic carbocycles. The molecule has 108 valence electrons. The Morgan fingerprint density at radius 2 is 2.05 bits per heavy atom. The zero-order valence-corrected chi connectivity index (χ0v) is 12.6. The van der Waals surface area contributed by atoms with Gasteiger partial charge in [0.25, 0.3) is 0 Å². The standard InChI is InChI=1S/C12H21N3O2S2/c13-9-11-8-12(18-10-11)19(16,17)14-4-7-15-5-2-1-3-6-15/h8,10,14H,1-7,9,13H2. The molecule has 2 rings (SSSR count). The molecule has 1 aliphatic rings. The highest BCUT2D eigenvalue weighted by atomic mass is 32.2. The second-order valence-corrected chi connectivity index (χ2v) is 7.68. The van der Waals surface area contributed by atoms with Crippen molar-refractivity contribution < 1.29 is 8.42 Å². The van der Waals surface area contributed by atoms with Crippen LogP contribution in [0.25, 0.3) is 0 Å². The number of nitrogens with zero attached hydrogens (tertiary/aromatic N) is 1. The van der Waals surface area contributed by atoms with Crippen LogP contribution in [-0.2, 0) is 16.6 Å². The summed E-state index contributed by atoms with van der Waals surface area (Å²) in [6, 6.07) is 1.65. The van der Waals surface area contributed by atoms with Crippen LogP contribution in [0.5, 0.6) is 0 Å². The van der Waals surface area contributed by atoms with Crippen molar-refractivity contribution in [2.75, 3.05) is 26.2 Å². The summed E-state index contributed by atoms with van der Waals surface area (Å²) < 4.78 is 27.1. The van der Waals surface area contributed by atoms with Crippen molar-refractivity contribution in [2.45, 2.75) is 30.0 Å². The Morgan fingerprint density at radius 1 is 1.32 bits per heavy atom. The van der Waals surface area contributed by atoms with Crippen LogP contribution in [0.3, 0.4) is 0 Å². The molecule has 0 amide bonds. The minimum Gasteiger partial charge on any atom is -0.326 e. The van der Waals surface area contributed by atoms with Gasteiger partial charge in [0.2, 0.25) is 10.0 Å². The Kier molecular flexibility index (Phi) is 5.35. The molecule has 0 spiro atoms. The summed E-state index contributed by atoms with van der Waals surface area (Å²) in [7, 11) is -3.36. The van der Waals surface area contributed by atoms with E-state index in [1.807, 2.05) is 0 Å². The number of hydrogen-bond donors (Lipinski definition) is 2. The van der Waals surface area contributed by atoms with Crippen LogP contribution < -0.4 is 10.5 Å². The van der Waals surface area contributed by atoms with Crippen LogP contribution in [0.4, 0.5) is 0 Å². The van der Waals surface area contributed by atoms with E-state index in [1.165, 1.54) is 30.6 Å². The zero-order valence-electron chi connectivity index (χ0n) is 11.0. The largest absolute Gasteiger partial charge is 0.326 e. The monoisotopic (exact) mass is 303 g/mol. The normalized spacial score (nSPS) is 17.7. The minimum absolute atomic E-state index is 0.353. The van der Waals surface area contributed by atoms with E-state index in [4.69, 9.17) is 5.73 Å². The third-order valence-electron chi connectivity index (χ3n) is 3.30. The maximum absolute atomic E-state index is 12.0. The quantitative estimate of drug-likeness (QED) is 0.821. The lowest BCUT2D eigenvalue weighted by molar-refractivity contribution is 0.233. The highest BCUT2D eigenvalue weighted by Crippen LogP contribution is 2.19. The van der Waals surface area contributed by atoms with Gasteiger partial charge in [-0.3, -0.25) is 0 Å². The van der Waals surface area contributed by atoms with Gasteiger partial charge in [0.1, 0.15) is 4.21 Å². The van der Waals surface area contributed by atoms with E-state index < -0.39 is 10.0 Å². The minimum atomic E-state index is -3.36. The van der Waals surface area contributed by atoms with Crippen LogP contribution in [0.1, 0.15) is 24.8 Å². The van der Waals surface area contributed by atoms with Gasteiger partial charge in [-0.1, -0.05) is 6.42 Å². The molecule has 1 aliphatic heterocycles. The van der Waals surface area contributed by atoms with E-state index >= 15 is 0 Å². The predicted octanol–water partition coefficient (Wildman–Crippen LogP) is 0.971. The summed E-state index contributed by atoms with van der Waals surface area (Å²) in [5.41, 5.74) is 6.35. The molecule has 7 heteroatoms. The molecule has 0 saturated carbocycles. The Labute approximate surface area is 118 Å². The summed E-state index contributed by atoms with van der Waals surface area (Å²) in [6.45, 7) is 3.79. The first kappa shape index (κ1) is 14.9. The smallest absolute Gasteiger partial charge is 0.250 e. The van der Waals surface area contributed by atoms with Crippen LogP contribution in [0, 0.1) is 0 Å². The lowest BCUT2D eigenvalue weighted by atomic mass is 10.1. The molecule has 0 bridgehead atoms. The molecule has 0 unspecified atom stereocenters. The van der Waals surface area contributed by atoms with Crippen LogP contribution in [0.2, 0.25) is 0 Å². The third kappa shape index (κ3) is 4.25. The fourth-order valence-electron chi connectivity index (χ4n) is 2.19. The van der Waals surface area contributed by atoms with E-state index in [1.54, 1.807) is 11.4 Å². The van der Waals surface area contributed by atoms with Crippen LogP contribution >= 0.6 is 11.3 Å². The molecule has 2 heterocycles. The Balaban J connectivity index is 1.83. The number of likely N-dealkylation sites (tertiary alicyclic amines) is 1. The molecule has 1 aromatic rings. The third-order valence-corrected chi connectivity index (χ3v) is 6.25. The van der Waals surface area contributed by atoms with Crippen molar-refractivity contribution in [2.24, 2.45) is 5.73 Å². The fourth-order valence-corrected chi connectivity index (χ4v) is 4.48. The molecular weight excluding hydrogens is 282 g/mol. The number of nitrogens with one attached hydrogen (secondary N) is 1. The van der Waals surface area contributed by atoms with Crippen LogP contribution in [-0.4, -0.2) is 39.5 Å². The Hall–Kier alpha value is -0.470. The number of hydrogen-bond acceptors (Lipinski definition) is 5. The molecule has 5 nitrogen and oxygen atoms in total. The Bertz CT molecular complexity index is 493. The topological polar surface area (TPSA) is 75.4 Å². The maximum Gasteiger partial charge on any atom is 0.250 e. The predicted molar refractivity (Wildman–Crippen MR) is 77.7 cm³/mol. The van der Waals surface area contributed by atoms with Gasteiger partial charge in [-0.15, -0.1) is 11.3 Å². The molecule has 0 atom stereocenters. The van der Waals surface area contributed by atoms with Gasteiger partial charge in [-0.2, -0.15) is 0 Å². The van der Waals surface area contributed by atoms with Gasteiger partial charge in [-0.05, 0) is 42.9 Å². The van der Waals surface area contributed by atoms with Crippen molar-refractivity contribution in [1.29, 1.82) is 0 Å². The van der Waals surface area contributed by atoms with Gasteiger partial charge >= 0.3 is 0 Å². The van der Waals surface area contributed by atoms with Gasteiger partial charge < -0.3 is 10.6 Å². The number of nitrogens with two attached hydrogens (primary N) is 1. The average molecular weight is 303 g/mol. The second kappa shape index (κ2) is 6.81. The first-order valence-corrected chi connectivity index (χ1v) is 8.97. The van der Waals surface area contributed by atoms with Crippen molar-refractivity contribution in [1.82, 2.24) is 9.62 Å². The van der Waals surface area contributed by atoms with Crippen molar-refractivity contribution in [3.63, 3.8) is 0 Å². The summed E-state index contributed by atoms with van der Waals surface area (Å²) in [5, 5.41) is 1.79. The highest BCUT2D eigenvalue weighted by molar-refractivity contribution is 7.91. The highest BCUT2D eigenvalue weighted by Gasteiger charge is 2.17. The molecule has 1 fully saturated rings. The lowest BCUT2D eigenvalue weighted by Gasteiger charge is -2.26. The van der Waals surface area contributed by atoms with Crippen LogP contribution in [0.15, 0.2) is 15.7 Å². The fraction of sp³-hybridized carbons (Fsp3) is 0.667. The zero-order chi connectivity index (χ0) is 13.7. The van der Waals surface area contributed by atoms with Gasteiger partial charge in [0.15, 0.2) is 0 Å². The Morgan fingerprint density at radius 3 is 2.68 bits per heavy atom. The molecule has 1 saturated heterocycles. The number of sulfonamides is 1. The van der Waals surface area contributed by atoms with Gasteiger partial charge in [-0.25, -0.2) is 13.1 Å². The average Bonchev–Trinajstić information content (AvgIpc) is 2.89. The van der Waals surface area contributed by atoms with Gasteiger partial charge in [0.05, 0.1) is 0 Å². The first-order chi connectivity index (χ1) is 9.12. The number of rotatable bonds is 6. The van der Waals surface area contributed by atoms with E-state index in [9.17, 15) is 8.42 Å². The van der Waals surface area contributed by atoms with Gasteiger partial charge in [0, 0.05) is 19.6 Å². The SMILES string of the molecule is NCc1csc(S(=O)(=O)NCCN2CCCCC2)c1. The molecule has 1 aromatic heterocycles. The summed E-state index contributed by atoms with van der Waals surface area (Å²) in [6.07, 6.45) is 3.73. The molecule has 19 heavy (non-hydrogen) atoms. The van der Waals surface area contributed by atoms with E-state index in [-0.39, 0.29) is 0 Å². The summed E-state index contributed by atoms with van der Waals surface area (Å²) in [4.78, 5) is 2.31. The first-order valence-electron chi connectivity index (χ1n) is 6.61. The van der Waals surface area contributed by atoms with E-state index in [0.29, 0.717) is 17.3 Å². The van der Waals surface area contributed by atoms with Crippen molar-refractivity contribution in [3.8, 4) is 0 Å². The van der Waals surface area contributed by atoms with Crippen molar-refractivity contribution in [3.05, 3.63) is 17.0 Å². The van der Waals surface area contributed by atoms with E-state index in [0.717, 1.165) is 25.2 Å². The lowest BCUT2D eigenvalue weighted by Crippen LogP contribution is -2.37. The number of thiophene rings is 1. The number of piperidine rings is 1. The van der Waals surface area contributed by atoms with E-state index in [2.05, 4.69) is 9.62 Å². The summed E-state index contributed by atoms with van der Waals surface area (Å²) in [5.74, 6) is 0. The molecular formula is C12H21N3O2S2. The maximum atomic E-state index is 12.0. The molecule has 0 radical (unpaired) electrons. The second-order valence-electron chi connectivity index (χ2n) is 4.78.